The van der Waals surface area contributed by atoms with Gasteiger partial charge in [-0.15, -0.1) is 5.10 Å². The molecule has 8 heteroatoms. The van der Waals surface area contributed by atoms with E-state index in [-0.39, 0.29) is 11.7 Å². The summed E-state index contributed by atoms with van der Waals surface area (Å²) in [5.74, 6) is 0.168. The molecule has 150 valence electrons. The number of aryl methyl sites for hydroxylation is 1. The molecule has 7 nitrogen and oxygen atoms in total. The third-order valence-corrected chi connectivity index (χ3v) is 4.53. The van der Waals surface area contributed by atoms with Gasteiger partial charge in [0.25, 0.3) is 5.91 Å². The van der Waals surface area contributed by atoms with Gasteiger partial charge in [0.1, 0.15) is 5.82 Å². The van der Waals surface area contributed by atoms with E-state index in [0.717, 1.165) is 11.3 Å². The minimum absolute atomic E-state index is 0.0322. The summed E-state index contributed by atoms with van der Waals surface area (Å²) >= 11 is 5.99. The van der Waals surface area contributed by atoms with Crippen molar-refractivity contribution in [3.63, 3.8) is 0 Å². The summed E-state index contributed by atoms with van der Waals surface area (Å²) in [6.07, 6.45) is 0. The summed E-state index contributed by atoms with van der Waals surface area (Å²) in [6.45, 7) is 7.38. The molecule has 0 bridgehead atoms. The Morgan fingerprint density at radius 2 is 1.79 bits per heavy atom. The molecule has 0 aliphatic carbocycles. The largest absolute Gasteiger partial charge is 0.324 e. The van der Waals surface area contributed by atoms with Gasteiger partial charge in [-0.05, 0) is 42.7 Å². The van der Waals surface area contributed by atoms with Crippen LogP contribution in [0.25, 0.3) is 5.69 Å². The zero-order valence-electron chi connectivity index (χ0n) is 16.7. The van der Waals surface area contributed by atoms with Crippen molar-refractivity contribution < 1.29 is 9.59 Å². The Morgan fingerprint density at radius 3 is 2.48 bits per heavy atom. The molecular weight excluding hydrogens is 390 g/mol. The first kappa shape index (κ1) is 20.5. The molecule has 1 aromatic heterocycles. The van der Waals surface area contributed by atoms with Crippen LogP contribution in [0.4, 0.5) is 11.4 Å². The minimum Gasteiger partial charge on any atom is -0.324 e. The number of hydrogen-bond acceptors (Lipinski definition) is 4. The molecule has 0 saturated heterocycles. The second-order valence-electron chi connectivity index (χ2n) is 6.93. The highest BCUT2D eigenvalue weighted by Crippen LogP contribution is 2.27. The van der Waals surface area contributed by atoms with Gasteiger partial charge in [-0.1, -0.05) is 43.6 Å². The predicted octanol–water partition coefficient (Wildman–Crippen LogP) is 4.56. The molecule has 0 fully saturated rings. The lowest BCUT2D eigenvalue weighted by atomic mass is 10.0. The number of anilines is 2. The lowest BCUT2D eigenvalue weighted by Gasteiger charge is -2.13. The van der Waals surface area contributed by atoms with Gasteiger partial charge in [-0.25, -0.2) is 9.67 Å². The second-order valence-corrected chi connectivity index (χ2v) is 7.37. The Morgan fingerprint density at radius 1 is 1.07 bits per heavy atom. The van der Waals surface area contributed by atoms with Gasteiger partial charge in [0.15, 0.2) is 0 Å². The molecular formula is C21H22ClN5O2. The summed E-state index contributed by atoms with van der Waals surface area (Å²) in [6, 6.07) is 12.7. The summed E-state index contributed by atoms with van der Waals surface area (Å²) in [7, 11) is 0. The molecule has 3 aromatic rings. The monoisotopic (exact) mass is 411 g/mol. The predicted molar refractivity (Wildman–Crippen MR) is 114 cm³/mol. The molecule has 0 atom stereocenters. The molecule has 0 unspecified atom stereocenters. The number of carbonyl (C=O) groups is 2. The Kier molecular flexibility index (Phi) is 5.98. The van der Waals surface area contributed by atoms with E-state index in [1.165, 1.54) is 6.92 Å². The highest BCUT2D eigenvalue weighted by Gasteiger charge is 2.19. The van der Waals surface area contributed by atoms with E-state index in [1.54, 1.807) is 29.8 Å². The molecule has 2 aromatic carbocycles. The van der Waals surface area contributed by atoms with Gasteiger partial charge in [0.2, 0.25) is 11.7 Å². The Labute approximate surface area is 174 Å². The molecule has 0 radical (unpaired) electrons. The van der Waals surface area contributed by atoms with E-state index < -0.39 is 5.91 Å². The fraction of sp³-hybridized carbons (Fsp3) is 0.238. The summed E-state index contributed by atoms with van der Waals surface area (Å²) in [5, 5.41) is 10.2. The molecule has 3 rings (SSSR count). The van der Waals surface area contributed by atoms with Crippen LogP contribution >= 0.6 is 11.6 Å². The number of carbonyl (C=O) groups excluding carboxylic acids is 2. The van der Waals surface area contributed by atoms with Crippen LogP contribution in [0.15, 0.2) is 42.5 Å². The van der Waals surface area contributed by atoms with Crippen LogP contribution in [-0.4, -0.2) is 26.6 Å². The van der Waals surface area contributed by atoms with Crippen LogP contribution < -0.4 is 10.6 Å². The number of hydrogen-bond donors (Lipinski definition) is 2. The Bertz CT molecular complexity index is 1070. The summed E-state index contributed by atoms with van der Waals surface area (Å²) in [5.41, 5.74) is 2.81. The Balaban J connectivity index is 1.92. The quantitative estimate of drug-likeness (QED) is 0.643. The minimum atomic E-state index is -0.484. The molecule has 2 N–H and O–H groups in total. The van der Waals surface area contributed by atoms with Crippen molar-refractivity contribution in [2.24, 2.45) is 0 Å². The number of halogens is 1. The first-order chi connectivity index (χ1) is 13.8. The average Bonchev–Trinajstić information content (AvgIpc) is 3.05. The normalized spacial score (nSPS) is 10.8. The van der Waals surface area contributed by atoms with Gasteiger partial charge < -0.3 is 10.6 Å². The number of para-hydroxylation sites is 1. The maximum absolute atomic E-state index is 12.8. The third kappa shape index (κ3) is 4.63. The van der Waals surface area contributed by atoms with Crippen LogP contribution in [0.1, 0.15) is 48.7 Å². The van der Waals surface area contributed by atoms with E-state index in [9.17, 15) is 9.59 Å². The average molecular weight is 412 g/mol. The molecule has 0 aliphatic heterocycles. The summed E-state index contributed by atoms with van der Waals surface area (Å²) < 4.78 is 1.67. The van der Waals surface area contributed by atoms with Crippen LogP contribution in [-0.2, 0) is 4.79 Å². The zero-order chi connectivity index (χ0) is 21.1. The van der Waals surface area contributed by atoms with Crippen LogP contribution in [0.3, 0.4) is 0 Å². The van der Waals surface area contributed by atoms with Crippen molar-refractivity contribution in [3.8, 4) is 5.69 Å². The fourth-order valence-corrected chi connectivity index (χ4v) is 3.15. The smallest absolute Gasteiger partial charge is 0.295 e. The lowest BCUT2D eigenvalue weighted by Crippen LogP contribution is -2.17. The second kappa shape index (κ2) is 8.45. The fourth-order valence-electron chi connectivity index (χ4n) is 2.98. The van der Waals surface area contributed by atoms with E-state index in [2.05, 4.69) is 34.6 Å². The number of benzene rings is 2. The van der Waals surface area contributed by atoms with E-state index >= 15 is 0 Å². The van der Waals surface area contributed by atoms with Crippen molar-refractivity contribution in [1.82, 2.24) is 14.8 Å². The van der Waals surface area contributed by atoms with Gasteiger partial charge in [-0.3, -0.25) is 9.59 Å². The van der Waals surface area contributed by atoms with Gasteiger partial charge in [0, 0.05) is 11.9 Å². The number of amides is 2. The van der Waals surface area contributed by atoms with Gasteiger partial charge in [0.05, 0.1) is 17.1 Å². The molecule has 0 aliphatic rings. The molecule has 1 heterocycles. The molecule has 2 amide bonds. The van der Waals surface area contributed by atoms with E-state index in [4.69, 9.17) is 11.6 Å². The standard InChI is InChI=1S/C21H22ClN5O2/c1-12(2)16-7-5-6-8-19(16)27-13(3)23-20(26-27)21(29)25-17-10-9-15(22)11-18(17)24-14(4)28/h5-12H,1-4H3,(H,24,28)(H,25,29). The first-order valence-electron chi connectivity index (χ1n) is 9.17. The highest BCUT2D eigenvalue weighted by atomic mass is 35.5. The van der Waals surface area contributed by atoms with Crippen molar-refractivity contribution in [2.75, 3.05) is 10.6 Å². The highest BCUT2D eigenvalue weighted by molar-refractivity contribution is 6.31. The van der Waals surface area contributed by atoms with E-state index in [0.29, 0.717) is 28.1 Å². The number of aromatic nitrogens is 3. The first-order valence-corrected chi connectivity index (χ1v) is 9.55. The number of rotatable bonds is 5. The maximum Gasteiger partial charge on any atom is 0.295 e. The SMILES string of the molecule is CC(=O)Nc1cc(Cl)ccc1NC(=O)c1nc(C)n(-c2ccccc2C(C)C)n1. The van der Waals surface area contributed by atoms with Crippen LogP contribution in [0.5, 0.6) is 0 Å². The Hall–Kier alpha value is -3.19. The van der Waals surface area contributed by atoms with Crippen molar-refractivity contribution in [2.45, 2.75) is 33.6 Å². The topological polar surface area (TPSA) is 88.9 Å². The van der Waals surface area contributed by atoms with Crippen molar-refractivity contribution >= 4 is 34.8 Å². The van der Waals surface area contributed by atoms with Gasteiger partial charge >= 0.3 is 0 Å². The van der Waals surface area contributed by atoms with Crippen LogP contribution in [0, 0.1) is 6.92 Å². The van der Waals surface area contributed by atoms with E-state index in [1.807, 2.05) is 24.3 Å². The number of nitrogens with zero attached hydrogens (tertiary/aromatic N) is 3. The van der Waals surface area contributed by atoms with Crippen LogP contribution in [0.2, 0.25) is 5.02 Å². The lowest BCUT2D eigenvalue weighted by molar-refractivity contribution is -0.114. The molecule has 0 spiro atoms. The van der Waals surface area contributed by atoms with Crippen molar-refractivity contribution in [1.29, 1.82) is 0 Å². The molecule has 29 heavy (non-hydrogen) atoms. The van der Waals surface area contributed by atoms with Gasteiger partial charge in [-0.2, -0.15) is 0 Å². The number of nitrogens with one attached hydrogen (secondary N) is 2. The zero-order valence-corrected chi connectivity index (χ0v) is 17.4. The summed E-state index contributed by atoms with van der Waals surface area (Å²) in [4.78, 5) is 28.5. The van der Waals surface area contributed by atoms with Crippen molar-refractivity contribution in [3.05, 3.63) is 64.7 Å². The third-order valence-electron chi connectivity index (χ3n) is 4.30. The maximum atomic E-state index is 12.8. The molecule has 0 saturated carbocycles.